The molecule has 4 rings (SSSR count). The number of amides is 2. The van der Waals surface area contributed by atoms with Crippen LogP contribution in [0, 0.1) is 5.92 Å². The molecule has 0 bridgehead atoms. The van der Waals surface area contributed by atoms with E-state index in [9.17, 15) is 18.0 Å². The maximum atomic E-state index is 13.2. The molecule has 1 atom stereocenters. The first-order valence-corrected chi connectivity index (χ1v) is 13.4. The van der Waals surface area contributed by atoms with Crippen molar-refractivity contribution in [2.75, 3.05) is 16.2 Å². The molecule has 0 saturated heterocycles. The van der Waals surface area contributed by atoms with Gasteiger partial charge in [-0.1, -0.05) is 25.1 Å². The van der Waals surface area contributed by atoms with E-state index in [-0.39, 0.29) is 17.0 Å². The SMILES string of the molecule is CCN(c1ccccc1)S(=O)(=O)c1ccc(C(=O)Nc2sc3c(c2C(N)=O)CCC(C)C3)cc1. The largest absolute Gasteiger partial charge is 0.365 e. The molecular weight excluding hydrogens is 470 g/mol. The molecule has 3 N–H and O–H groups in total. The first kappa shape index (κ1) is 24.0. The van der Waals surface area contributed by atoms with E-state index in [1.807, 2.05) is 6.07 Å². The Bertz CT molecular complexity index is 1320. The van der Waals surface area contributed by atoms with E-state index in [1.165, 1.54) is 39.9 Å². The van der Waals surface area contributed by atoms with Gasteiger partial charge in [0.25, 0.3) is 21.8 Å². The molecule has 0 saturated carbocycles. The lowest BCUT2D eigenvalue weighted by Gasteiger charge is -2.23. The van der Waals surface area contributed by atoms with Crippen molar-refractivity contribution in [3.05, 3.63) is 76.2 Å². The third kappa shape index (κ3) is 4.58. The quantitative estimate of drug-likeness (QED) is 0.503. The van der Waals surface area contributed by atoms with Crippen molar-refractivity contribution in [3.8, 4) is 0 Å². The van der Waals surface area contributed by atoms with E-state index in [2.05, 4.69) is 12.2 Å². The van der Waals surface area contributed by atoms with Gasteiger partial charge in [-0.3, -0.25) is 13.9 Å². The molecule has 178 valence electrons. The maximum absolute atomic E-state index is 13.2. The number of nitrogens with zero attached hydrogens (tertiary/aromatic N) is 1. The van der Waals surface area contributed by atoms with Crippen LogP contribution < -0.4 is 15.4 Å². The normalized spacial score (nSPS) is 15.4. The zero-order valence-electron chi connectivity index (χ0n) is 19.1. The van der Waals surface area contributed by atoms with Gasteiger partial charge in [-0.15, -0.1) is 11.3 Å². The predicted octanol–water partition coefficient (Wildman–Crippen LogP) is 4.44. The minimum Gasteiger partial charge on any atom is -0.365 e. The van der Waals surface area contributed by atoms with Crippen molar-refractivity contribution in [1.82, 2.24) is 0 Å². The molecule has 1 aromatic heterocycles. The van der Waals surface area contributed by atoms with Gasteiger partial charge in [-0.05, 0) is 74.1 Å². The summed E-state index contributed by atoms with van der Waals surface area (Å²) < 4.78 is 27.7. The van der Waals surface area contributed by atoms with Gasteiger partial charge in [0.1, 0.15) is 5.00 Å². The lowest BCUT2D eigenvalue weighted by Crippen LogP contribution is -2.30. The monoisotopic (exact) mass is 497 g/mol. The number of nitrogens with one attached hydrogen (secondary N) is 1. The summed E-state index contributed by atoms with van der Waals surface area (Å²) in [5, 5.41) is 3.27. The molecule has 3 aromatic rings. The molecule has 2 aromatic carbocycles. The van der Waals surface area contributed by atoms with Gasteiger partial charge in [-0.25, -0.2) is 8.42 Å². The molecule has 1 aliphatic rings. The number of thiophene rings is 1. The summed E-state index contributed by atoms with van der Waals surface area (Å²) in [4.78, 5) is 26.2. The predicted molar refractivity (Wildman–Crippen MR) is 135 cm³/mol. The molecule has 2 amide bonds. The van der Waals surface area contributed by atoms with E-state index in [0.717, 1.165) is 29.7 Å². The molecule has 1 unspecified atom stereocenters. The number of carbonyl (C=O) groups is 2. The summed E-state index contributed by atoms with van der Waals surface area (Å²) in [6.07, 6.45) is 2.60. The summed E-state index contributed by atoms with van der Waals surface area (Å²) in [7, 11) is -3.79. The van der Waals surface area contributed by atoms with Crippen LogP contribution in [0.15, 0.2) is 59.5 Å². The van der Waals surface area contributed by atoms with E-state index in [1.54, 1.807) is 31.2 Å². The summed E-state index contributed by atoms with van der Waals surface area (Å²) in [5.74, 6) is -0.457. The van der Waals surface area contributed by atoms with Crippen LogP contribution in [-0.2, 0) is 22.9 Å². The van der Waals surface area contributed by atoms with Gasteiger partial charge >= 0.3 is 0 Å². The number of anilines is 2. The fraction of sp³-hybridized carbons (Fsp3) is 0.280. The Kier molecular flexibility index (Phi) is 6.77. The molecule has 1 heterocycles. The number of fused-ring (bicyclic) bond motifs is 1. The number of rotatable bonds is 7. The number of sulfonamides is 1. The van der Waals surface area contributed by atoms with Gasteiger partial charge in [0.05, 0.1) is 16.1 Å². The molecule has 7 nitrogen and oxygen atoms in total. The van der Waals surface area contributed by atoms with E-state index < -0.39 is 21.8 Å². The van der Waals surface area contributed by atoms with E-state index in [0.29, 0.717) is 22.2 Å². The van der Waals surface area contributed by atoms with Crippen LogP contribution in [0.2, 0.25) is 0 Å². The third-order valence-corrected chi connectivity index (χ3v) is 9.11. The first-order chi connectivity index (χ1) is 16.2. The maximum Gasteiger partial charge on any atom is 0.264 e. The van der Waals surface area contributed by atoms with Gasteiger partial charge in [-0.2, -0.15) is 0 Å². The molecule has 0 radical (unpaired) electrons. The van der Waals surface area contributed by atoms with E-state index in [4.69, 9.17) is 5.73 Å². The zero-order valence-corrected chi connectivity index (χ0v) is 20.7. The molecule has 34 heavy (non-hydrogen) atoms. The Balaban J connectivity index is 1.57. The lowest BCUT2D eigenvalue weighted by molar-refractivity contribution is 0.1000. The average molecular weight is 498 g/mol. The highest BCUT2D eigenvalue weighted by atomic mass is 32.2. The Morgan fingerprint density at radius 2 is 1.79 bits per heavy atom. The van der Waals surface area contributed by atoms with Crippen LogP contribution in [-0.4, -0.2) is 26.8 Å². The van der Waals surface area contributed by atoms with Gasteiger partial charge in [0.2, 0.25) is 0 Å². The van der Waals surface area contributed by atoms with Crippen molar-refractivity contribution in [2.24, 2.45) is 11.7 Å². The number of nitrogens with two attached hydrogens (primary N) is 1. The minimum absolute atomic E-state index is 0.0909. The van der Waals surface area contributed by atoms with Crippen LogP contribution in [0.1, 0.15) is 51.4 Å². The second kappa shape index (κ2) is 9.60. The lowest BCUT2D eigenvalue weighted by atomic mass is 9.88. The number of carbonyl (C=O) groups excluding carboxylic acids is 2. The van der Waals surface area contributed by atoms with Crippen LogP contribution in [0.25, 0.3) is 0 Å². The highest BCUT2D eigenvalue weighted by Gasteiger charge is 2.28. The molecule has 0 aliphatic heterocycles. The summed E-state index contributed by atoms with van der Waals surface area (Å²) in [5.41, 5.74) is 7.82. The summed E-state index contributed by atoms with van der Waals surface area (Å²) in [6.45, 7) is 4.20. The first-order valence-electron chi connectivity index (χ1n) is 11.2. The number of hydrogen-bond acceptors (Lipinski definition) is 5. The average Bonchev–Trinajstić information content (AvgIpc) is 3.17. The standard InChI is InChI=1S/C25H27N3O4S2/c1-3-28(18-7-5-4-6-8-18)34(31,32)19-12-10-17(11-13-19)24(30)27-25-22(23(26)29)20-14-9-16(2)15-21(20)33-25/h4-8,10-13,16H,3,9,14-15H2,1-2H3,(H2,26,29)(H,27,30). The Labute approximate surface area is 203 Å². The highest BCUT2D eigenvalue weighted by Crippen LogP contribution is 2.39. The fourth-order valence-electron chi connectivity index (χ4n) is 4.27. The van der Waals surface area contributed by atoms with Crippen LogP contribution in [0.5, 0.6) is 0 Å². The van der Waals surface area contributed by atoms with Crippen molar-refractivity contribution in [3.63, 3.8) is 0 Å². The third-order valence-electron chi connectivity index (χ3n) is 6.02. The molecule has 0 spiro atoms. The topological polar surface area (TPSA) is 110 Å². The van der Waals surface area contributed by atoms with Crippen molar-refractivity contribution >= 4 is 43.9 Å². The Morgan fingerprint density at radius 1 is 1.12 bits per heavy atom. The molecule has 1 aliphatic carbocycles. The molecule has 0 fully saturated rings. The number of primary amides is 1. The Morgan fingerprint density at radius 3 is 2.41 bits per heavy atom. The number of para-hydroxylation sites is 1. The van der Waals surface area contributed by atoms with E-state index >= 15 is 0 Å². The fourth-order valence-corrected chi connectivity index (χ4v) is 7.15. The van der Waals surface area contributed by atoms with Gasteiger partial charge in [0, 0.05) is 17.0 Å². The molecule has 9 heteroatoms. The second-order valence-electron chi connectivity index (χ2n) is 8.40. The summed E-state index contributed by atoms with van der Waals surface area (Å²) >= 11 is 1.39. The van der Waals surface area contributed by atoms with Gasteiger partial charge < -0.3 is 11.1 Å². The van der Waals surface area contributed by atoms with Crippen molar-refractivity contribution in [1.29, 1.82) is 0 Å². The van der Waals surface area contributed by atoms with Crippen LogP contribution in [0.4, 0.5) is 10.7 Å². The van der Waals surface area contributed by atoms with Crippen molar-refractivity contribution in [2.45, 2.75) is 38.0 Å². The number of benzene rings is 2. The zero-order chi connectivity index (χ0) is 24.5. The smallest absolute Gasteiger partial charge is 0.264 e. The minimum atomic E-state index is -3.79. The Hall–Kier alpha value is -3.17. The number of hydrogen-bond donors (Lipinski definition) is 2. The van der Waals surface area contributed by atoms with Crippen LogP contribution in [0.3, 0.4) is 0 Å². The van der Waals surface area contributed by atoms with Gasteiger partial charge in [0.15, 0.2) is 0 Å². The van der Waals surface area contributed by atoms with Crippen molar-refractivity contribution < 1.29 is 18.0 Å². The highest BCUT2D eigenvalue weighted by molar-refractivity contribution is 7.92. The second-order valence-corrected chi connectivity index (χ2v) is 11.4. The van der Waals surface area contributed by atoms with Crippen LogP contribution >= 0.6 is 11.3 Å². The summed E-state index contributed by atoms with van der Waals surface area (Å²) in [6, 6.07) is 14.7. The molecular formula is C25H27N3O4S2.